The number of carbonyl (C=O) groups excluding carboxylic acids is 3. The molecule has 2 aromatic heterocycles. The highest BCUT2D eigenvalue weighted by Crippen LogP contribution is 2.28. The molecule has 2 N–H and O–H groups in total. The number of benzene rings is 1. The van der Waals surface area contributed by atoms with Gasteiger partial charge in [0.1, 0.15) is 5.82 Å². The van der Waals surface area contributed by atoms with Crippen molar-refractivity contribution in [2.45, 2.75) is 39.4 Å². The van der Waals surface area contributed by atoms with E-state index in [1.165, 1.54) is 30.1 Å². The fourth-order valence-electron chi connectivity index (χ4n) is 4.17. The van der Waals surface area contributed by atoms with Gasteiger partial charge in [-0.3, -0.25) is 14.3 Å². The average Bonchev–Trinajstić information content (AvgIpc) is 3.37. The van der Waals surface area contributed by atoms with Crippen molar-refractivity contribution in [2.24, 2.45) is 0 Å². The number of pyridine rings is 1. The Bertz CT molecular complexity index is 1540. The first-order valence-electron chi connectivity index (χ1n) is 14.6. The topological polar surface area (TPSA) is 116 Å². The molecule has 1 aliphatic heterocycles. The molecule has 0 saturated heterocycles. The molecule has 1 aliphatic rings. The van der Waals surface area contributed by atoms with E-state index in [1.54, 1.807) is 26.2 Å². The molecule has 206 valence electrons. The lowest BCUT2D eigenvalue weighted by Crippen LogP contribution is -2.33. The third-order valence-corrected chi connectivity index (χ3v) is 6.26. The van der Waals surface area contributed by atoms with Crippen LogP contribution in [0.25, 0.3) is 0 Å². The van der Waals surface area contributed by atoms with Crippen molar-refractivity contribution in [3.05, 3.63) is 70.6 Å². The molecule has 4 amide bonds. The molecule has 0 saturated carbocycles. The van der Waals surface area contributed by atoms with Crippen LogP contribution >= 0.6 is 0 Å². The normalized spacial score (nSPS) is 14.1. The molecule has 0 atom stereocenters. The Balaban J connectivity index is 1.58. The minimum absolute atomic E-state index is 0.00217. The highest BCUT2D eigenvalue weighted by atomic mass is 16.2. The fraction of sp³-hybridized carbons (Fsp3) is 0.393. The van der Waals surface area contributed by atoms with Crippen LogP contribution < -0.4 is 15.5 Å². The van der Waals surface area contributed by atoms with Gasteiger partial charge in [0, 0.05) is 83.4 Å². The van der Waals surface area contributed by atoms with Crippen molar-refractivity contribution in [2.75, 3.05) is 45.0 Å². The van der Waals surface area contributed by atoms with Crippen LogP contribution in [0.3, 0.4) is 0 Å². The molecule has 0 fully saturated rings. The zero-order valence-corrected chi connectivity index (χ0v) is 23.0. The predicted octanol–water partition coefficient (Wildman–Crippen LogP) is 3.15. The summed E-state index contributed by atoms with van der Waals surface area (Å²) < 4.78 is 35.3. The summed E-state index contributed by atoms with van der Waals surface area (Å²) in [6.07, 6.45) is 2.15. The van der Waals surface area contributed by atoms with Gasteiger partial charge in [-0.1, -0.05) is 12.1 Å². The summed E-state index contributed by atoms with van der Waals surface area (Å²) in [5, 5.41) is 9.74. The van der Waals surface area contributed by atoms with E-state index in [4.69, 9.17) is 5.48 Å². The van der Waals surface area contributed by atoms with Crippen LogP contribution in [0.4, 0.5) is 16.3 Å². The van der Waals surface area contributed by atoms with E-state index in [9.17, 15) is 14.4 Å². The Morgan fingerprint density at radius 3 is 2.38 bits per heavy atom. The largest absolute Gasteiger partial charge is 0.352 e. The van der Waals surface area contributed by atoms with E-state index >= 15 is 0 Å². The van der Waals surface area contributed by atoms with Gasteiger partial charge in [-0.2, -0.15) is 5.10 Å². The van der Waals surface area contributed by atoms with Crippen LogP contribution in [0.5, 0.6) is 0 Å². The number of nitrogens with one attached hydrogen (secondary N) is 2. The Morgan fingerprint density at radius 2 is 1.79 bits per heavy atom. The highest BCUT2D eigenvalue weighted by Gasteiger charge is 2.29. The van der Waals surface area contributed by atoms with Crippen LogP contribution in [-0.2, 0) is 19.5 Å². The molecular weight excluding hydrogens is 496 g/mol. The predicted molar refractivity (Wildman–Crippen MR) is 150 cm³/mol. The summed E-state index contributed by atoms with van der Waals surface area (Å²) in [4.78, 5) is 47.0. The van der Waals surface area contributed by atoms with Crippen LogP contribution in [0.15, 0.2) is 42.5 Å². The van der Waals surface area contributed by atoms with Gasteiger partial charge in [0.15, 0.2) is 5.69 Å². The summed E-state index contributed by atoms with van der Waals surface area (Å²) in [5.41, 5.74) is 2.09. The maximum atomic E-state index is 13.5. The lowest BCUT2D eigenvalue weighted by molar-refractivity contribution is 0.0826. The summed E-state index contributed by atoms with van der Waals surface area (Å²) in [6.45, 7) is 4.68. The second kappa shape index (κ2) is 11.5. The van der Waals surface area contributed by atoms with Crippen molar-refractivity contribution in [1.82, 2.24) is 29.9 Å². The minimum Gasteiger partial charge on any atom is -0.352 e. The molecule has 11 nitrogen and oxygen atoms in total. The molecular formula is C28H36N8O3. The van der Waals surface area contributed by atoms with Gasteiger partial charge in [0.25, 0.3) is 11.8 Å². The van der Waals surface area contributed by atoms with E-state index in [0.717, 1.165) is 11.3 Å². The van der Waals surface area contributed by atoms with Gasteiger partial charge in [0.2, 0.25) is 0 Å². The van der Waals surface area contributed by atoms with Crippen molar-refractivity contribution < 1.29 is 19.9 Å². The van der Waals surface area contributed by atoms with Gasteiger partial charge in [-0.15, -0.1) is 0 Å². The first-order chi connectivity index (χ1) is 20.2. The molecule has 1 aromatic carbocycles. The maximum absolute atomic E-state index is 13.5. The van der Waals surface area contributed by atoms with E-state index in [0.29, 0.717) is 30.9 Å². The molecule has 0 bridgehead atoms. The Morgan fingerprint density at radius 1 is 1.08 bits per heavy atom. The van der Waals surface area contributed by atoms with Gasteiger partial charge < -0.3 is 25.3 Å². The molecule has 4 rings (SSSR count). The van der Waals surface area contributed by atoms with E-state index in [-0.39, 0.29) is 47.5 Å². The molecule has 11 heteroatoms. The average molecular weight is 537 g/mol. The van der Waals surface area contributed by atoms with Gasteiger partial charge in [-0.25, -0.2) is 9.78 Å². The molecule has 39 heavy (non-hydrogen) atoms. The first kappa shape index (κ1) is 22.6. The number of aromatic nitrogens is 3. The van der Waals surface area contributed by atoms with Crippen molar-refractivity contribution in [1.29, 1.82) is 0 Å². The monoisotopic (exact) mass is 536 g/mol. The zero-order chi connectivity index (χ0) is 31.7. The number of amides is 4. The van der Waals surface area contributed by atoms with Crippen molar-refractivity contribution in [3.8, 4) is 0 Å². The lowest BCUT2D eigenvalue weighted by Gasteiger charge is -2.29. The second-order valence-corrected chi connectivity index (χ2v) is 9.95. The summed E-state index contributed by atoms with van der Waals surface area (Å²) in [6, 6.07) is 1.36. The highest BCUT2D eigenvalue weighted by molar-refractivity contribution is 5.94. The SMILES string of the molecule is [2H]c1c([2H])c(NC(=O)N(C)C)c([2H])c([2H])c1CNC(=O)c1nn(C(C)C)c2c1CN(c1ccc(C(=O)N(C)C)cn1)CC2. The number of nitrogens with zero attached hydrogens (tertiary/aromatic N) is 6. The molecule has 0 unspecified atom stereocenters. The zero-order valence-electron chi connectivity index (χ0n) is 27.0. The number of fused-ring (bicyclic) bond motifs is 1. The smallest absolute Gasteiger partial charge is 0.321 e. The van der Waals surface area contributed by atoms with Crippen molar-refractivity contribution in [3.63, 3.8) is 0 Å². The van der Waals surface area contributed by atoms with Gasteiger partial charge >= 0.3 is 6.03 Å². The molecule has 0 radical (unpaired) electrons. The standard InChI is InChI=1S/C28H36N8O3/c1-18(2)36-23-13-14-35(24-12-9-20(16-29-24)27(38)33(3)4)17-22(23)25(32-36)26(37)30-15-19-7-10-21(11-8-19)31-28(39)34(5)6/h7-12,16,18H,13-15,17H2,1-6H3,(H,30,37)(H,31,39)/i7D,8D,10D,11D. The van der Waals surface area contributed by atoms with Gasteiger partial charge in [0.05, 0.1) is 11.0 Å². The van der Waals surface area contributed by atoms with Gasteiger partial charge in [-0.05, 0) is 43.6 Å². The second-order valence-electron chi connectivity index (χ2n) is 9.95. The maximum Gasteiger partial charge on any atom is 0.321 e. The van der Waals surface area contributed by atoms with Crippen LogP contribution in [-0.4, -0.2) is 77.1 Å². The number of hydrogen-bond donors (Lipinski definition) is 2. The number of rotatable bonds is 7. The summed E-state index contributed by atoms with van der Waals surface area (Å²) in [7, 11) is 6.34. The number of anilines is 2. The molecule has 3 heterocycles. The third kappa shape index (κ3) is 6.19. The Labute approximate surface area is 234 Å². The minimum atomic E-state index is -0.588. The fourth-order valence-corrected chi connectivity index (χ4v) is 4.17. The third-order valence-electron chi connectivity index (χ3n) is 6.26. The summed E-state index contributed by atoms with van der Waals surface area (Å²) in [5.74, 6) is 0.000733. The first-order valence-corrected chi connectivity index (χ1v) is 12.6. The van der Waals surface area contributed by atoms with Crippen LogP contribution in [0, 0.1) is 0 Å². The Kier molecular flexibility index (Phi) is 6.68. The number of hydrogen-bond acceptors (Lipinski definition) is 6. The number of carbonyl (C=O) groups is 3. The molecule has 0 aliphatic carbocycles. The van der Waals surface area contributed by atoms with Crippen LogP contribution in [0.2, 0.25) is 0 Å². The van der Waals surface area contributed by atoms with Crippen molar-refractivity contribution >= 4 is 29.4 Å². The van der Waals surface area contributed by atoms with E-state index in [2.05, 4.69) is 20.7 Å². The lowest BCUT2D eigenvalue weighted by atomic mass is 10.0. The molecule has 3 aromatic rings. The summed E-state index contributed by atoms with van der Waals surface area (Å²) >= 11 is 0. The van der Waals surface area contributed by atoms with E-state index < -0.39 is 24.0 Å². The van der Waals surface area contributed by atoms with E-state index in [1.807, 2.05) is 23.4 Å². The van der Waals surface area contributed by atoms with Crippen LogP contribution in [0.1, 0.15) is 63.0 Å². The quantitative estimate of drug-likeness (QED) is 0.479. The number of urea groups is 1. The molecule has 0 spiro atoms. The Hall–Kier alpha value is -4.41.